The van der Waals surface area contributed by atoms with Gasteiger partial charge in [-0.2, -0.15) is 0 Å². The number of amides is 1. The number of nitrogens with zero attached hydrogens (tertiary/aromatic N) is 1. The number of rotatable bonds is 4. The van der Waals surface area contributed by atoms with Crippen LogP contribution in [-0.2, 0) is 6.54 Å². The molecule has 1 amide bonds. The maximum Gasteiger partial charge on any atom is 0.254 e. The summed E-state index contributed by atoms with van der Waals surface area (Å²) in [7, 11) is 0. The van der Waals surface area contributed by atoms with Crippen LogP contribution in [0.3, 0.4) is 0 Å². The number of carbonyl (C=O) groups is 1. The third kappa shape index (κ3) is 3.68. The van der Waals surface area contributed by atoms with Crippen molar-refractivity contribution in [3.8, 4) is 0 Å². The highest BCUT2D eigenvalue weighted by Crippen LogP contribution is 2.27. The van der Waals surface area contributed by atoms with E-state index in [2.05, 4.69) is 10.2 Å². The molecule has 2 aromatic rings. The number of carbonyl (C=O) groups excluding carboxylic acids is 1. The second-order valence-corrected chi connectivity index (χ2v) is 6.12. The van der Waals surface area contributed by atoms with Gasteiger partial charge in [0.15, 0.2) is 0 Å². The average Bonchev–Trinajstić information content (AvgIpc) is 3.05. The van der Waals surface area contributed by atoms with Gasteiger partial charge >= 0.3 is 0 Å². The van der Waals surface area contributed by atoms with Crippen LogP contribution in [0.1, 0.15) is 29.0 Å². The van der Waals surface area contributed by atoms with E-state index in [1.165, 1.54) is 6.26 Å². The van der Waals surface area contributed by atoms with Crippen molar-refractivity contribution in [3.63, 3.8) is 0 Å². The minimum atomic E-state index is -0.126. The quantitative estimate of drug-likeness (QED) is 0.902. The van der Waals surface area contributed by atoms with Crippen LogP contribution in [0, 0.1) is 0 Å². The molecule has 0 saturated carbocycles. The number of hydrogen-bond donors (Lipinski definition) is 2. The van der Waals surface area contributed by atoms with Gasteiger partial charge in [0.25, 0.3) is 5.91 Å². The molecule has 0 spiro atoms. The molecule has 0 bridgehead atoms. The topological polar surface area (TPSA) is 71.5 Å². The molecular formula is C17H20ClN3O2. The van der Waals surface area contributed by atoms with Crippen LogP contribution in [0.2, 0.25) is 5.02 Å². The SMILES string of the molecule is NCc1cc(C(=O)NC2CCCN(c3ccccc3Cl)C2)co1. The molecule has 3 rings (SSSR count). The molecule has 1 saturated heterocycles. The number of hydrogen-bond acceptors (Lipinski definition) is 4. The molecule has 5 nitrogen and oxygen atoms in total. The lowest BCUT2D eigenvalue weighted by atomic mass is 10.0. The summed E-state index contributed by atoms with van der Waals surface area (Å²) in [6, 6.07) is 9.56. The lowest BCUT2D eigenvalue weighted by molar-refractivity contribution is 0.0932. The van der Waals surface area contributed by atoms with Crippen molar-refractivity contribution in [2.24, 2.45) is 5.73 Å². The molecule has 3 N–H and O–H groups in total. The van der Waals surface area contributed by atoms with Gasteiger partial charge in [0.05, 0.1) is 22.8 Å². The Kier molecular flexibility index (Phi) is 4.88. The fourth-order valence-electron chi connectivity index (χ4n) is 2.90. The second-order valence-electron chi connectivity index (χ2n) is 5.72. The Balaban J connectivity index is 1.64. The highest BCUT2D eigenvalue weighted by atomic mass is 35.5. The highest BCUT2D eigenvalue weighted by molar-refractivity contribution is 6.33. The first-order chi connectivity index (χ1) is 11.2. The van der Waals surface area contributed by atoms with Gasteiger partial charge in [-0.25, -0.2) is 0 Å². The molecule has 0 radical (unpaired) electrons. The Morgan fingerprint density at radius 1 is 1.43 bits per heavy atom. The number of furan rings is 1. The van der Waals surface area contributed by atoms with Gasteiger partial charge in [0.2, 0.25) is 0 Å². The van der Waals surface area contributed by atoms with Crippen molar-refractivity contribution in [1.82, 2.24) is 5.32 Å². The summed E-state index contributed by atoms with van der Waals surface area (Å²) in [5.74, 6) is 0.482. The molecular weight excluding hydrogens is 314 g/mol. The Bertz CT molecular complexity index is 686. The van der Waals surface area contributed by atoms with Gasteiger partial charge in [0.1, 0.15) is 12.0 Å². The van der Waals surface area contributed by atoms with E-state index in [0.29, 0.717) is 11.3 Å². The van der Waals surface area contributed by atoms with Crippen molar-refractivity contribution in [2.75, 3.05) is 18.0 Å². The molecule has 122 valence electrons. The lowest BCUT2D eigenvalue weighted by Gasteiger charge is -2.35. The first-order valence-corrected chi connectivity index (χ1v) is 8.13. The fourth-order valence-corrected chi connectivity index (χ4v) is 3.15. The minimum Gasteiger partial charge on any atom is -0.467 e. The summed E-state index contributed by atoms with van der Waals surface area (Å²) in [5, 5.41) is 3.81. The van der Waals surface area contributed by atoms with Gasteiger partial charge in [-0.15, -0.1) is 0 Å². The van der Waals surface area contributed by atoms with E-state index in [1.807, 2.05) is 24.3 Å². The van der Waals surface area contributed by atoms with Crippen molar-refractivity contribution >= 4 is 23.2 Å². The molecule has 1 aromatic heterocycles. The largest absolute Gasteiger partial charge is 0.467 e. The molecule has 1 aliphatic rings. The van der Waals surface area contributed by atoms with E-state index < -0.39 is 0 Å². The number of nitrogens with one attached hydrogen (secondary N) is 1. The molecule has 6 heteroatoms. The molecule has 2 heterocycles. The van der Waals surface area contributed by atoms with Crippen molar-refractivity contribution in [1.29, 1.82) is 0 Å². The maximum atomic E-state index is 12.3. The standard InChI is InChI=1S/C17H20ClN3O2/c18-15-5-1-2-6-16(15)21-7-3-4-13(10-21)20-17(22)12-8-14(9-19)23-11-12/h1-2,5-6,8,11,13H,3-4,7,9-10,19H2,(H,20,22). The first kappa shape index (κ1) is 15.9. The molecule has 1 aliphatic heterocycles. The van der Waals surface area contributed by atoms with E-state index in [-0.39, 0.29) is 18.5 Å². The number of nitrogens with two attached hydrogens (primary N) is 1. The van der Waals surface area contributed by atoms with Crippen LogP contribution >= 0.6 is 11.6 Å². The van der Waals surface area contributed by atoms with Crippen molar-refractivity contribution in [2.45, 2.75) is 25.4 Å². The lowest BCUT2D eigenvalue weighted by Crippen LogP contribution is -2.47. The van der Waals surface area contributed by atoms with E-state index in [4.69, 9.17) is 21.8 Å². The zero-order chi connectivity index (χ0) is 16.2. The number of halogens is 1. The Labute approximate surface area is 140 Å². The predicted octanol–water partition coefficient (Wildman–Crippen LogP) is 2.79. The zero-order valence-electron chi connectivity index (χ0n) is 12.8. The molecule has 1 atom stereocenters. The summed E-state index contributed by atoms with van der Waals surface area (Å²) in [4.78, 5) is 14.5. The van der Waals surface area contributed by atoms with E-state index >= 15 is 0 Å². The van der Waals surface area contributed by atoms with Gasteiger partial charge in [-0.3, -0.25) is 4.79 Å². The van der Waals surface area contributed by atoms with Crippen LogP contribution in [-0.4, -0.2) is 25.0 Å². The number of benzene rings is 1. The third-order valence-corrected chi connectivity index (χ3v) is 4.39. The van der Waals surface area contributed by atoms with E-state index in [1.54, 1.807) is 6.07 Å². The van der Waals surface area contributed by atoms with Crippen LogP contribution < -0.4 is 16.0 Å². The summed E-state index contributed by atoms with van der Waals surface area (Å²) in [6.45, 7) is 1.98. The molecule has 1 fully saturated rings. The fraction of sp³-hybridized carbons (Fsp3) is 0.353. The highest BCUT2D eigenvalue weighted by Gasteiger charge is 2.23. The van der Waals surface area contributed by atoms with Gasteiger partial charge in [-0.1, -0.05) is 23.7 Å². The first-order valence-electron chi connectivity index (χ1n) is 7.75. The summed E-state index contributed by atoms with van der Waals surface area (Å²) >= 11 is 6.27. The normalized spacial score (nSPS) is 18.0. The van der Waals surface area contributed by atoms with Gasteiger partial charge < -0.3 is 20.4 Å². The van der Waals surface area contributed by atoms with Gasteiger partial charge in [-0.05, 0) is 31.0 Å². The molecule has 23 heavy (non-hydrogen) atoms. The molecule has 1 aromatic carbocycles. The summed E-state index contributed by atoms with van der Waals surface area (Å²) in [6.07, 6.45) is 3.41. The predicted molar refractivity (Wildman–Crippen MR) is 90.8 cm³/mol. The van der Waals surface area contributed by atoms with Crippen molar-refractivity contribution in [3.05, 3.63) is 52.9 Å². The Morgan fingerprint density at radius 2 is 2.26 bits per heavy atom. The average molecular weight is 334 g/mol. The van der Waals surface area contributed by atoms with Crippen LogP contribution in [0.5, 0.6) is 0 Å². The Hall–Kier alpha value is -1.98. The molecule has 0 aliphatic carbocycles. The molecule has 1 unspecified atom stereocenters. The third-order valence-electron chi connectivity index (χ3n) is 4.07. The summed E-state index contributed by atoms with van der Waals surface area (Å²) in [5.41, 5.74) is 7.03. The summed E-state index contributed by atoms with van der Waals surface area (Å²) < 4.78 is 5.22. The van der Waals surface area contributed by atoms with E-state index in [0.717, 1.165) is 36.6 Å². The monoisotopic (exact) mass is 333 g/mol. The zero-order valence-corrected chi connectivity index (χ0v) is 13.6. The van der Waals surface area contributed by atoms with Crippen molar-refractivity contribution < 1.29 is 9.21 Å². The minimum absolute atomic E-state index is 0.0868. The second kappa shape index (κ2) is 7.06. The number of anilines is 1. The Morgan fingerprint density at radius 3 is 3.00 bits per heavy atom. The van der Waals surface area contributed by atoms with Crippen LogP contribution in [0.4, 0.5) is 5.69 Å². The maximum absolute atomic E-state index is 12.3. The number of piperidine rings is 1. The van der Waals surface area contributed by atoms with E-state index in [9.17, 15) is 4.79 Å². The van der Waals surface area contributed by atoms with Gasteiger partial charge in [0, 0.05) is 19.1 Å². The number of para-hydroxylation sites is 1. The van der Waals surface area contributed by atoms with Crippen LogP contribution in [0.25, 0.3) is 0 Å². The smallest absolute Gasteiger partial charge is 0.254 e. The van der Waals surface area contributed by atoms with Crippen LogP contribution in [0.15, 0.2) is 41.0 Å².